The van der Waals surface area contributed by atoms with Gasteiger partial charge in [0.2, 0.25) is 0 Å². The van der Waals surface area contributed by atoms with Crippen LogP contribution in [0, 0.1) is 0 Å². The highest BCUT2D eigenvalue weighted by Gasteiger charge is 2.36. The Morgan fingerprint density at radius 3 is 1.21 bits per heavy atom. The van der Waals surface area contributed by atoms with E-state index in [1.807, 2.05) is 115 Å². The van der Waals surface area contributed by atoms with Crippen LogP contribution < -0.4 is 4.90 Å². The van der Waals surface area contributed by atoms with Crippen LogP contribution in [-0.2, 0) is 24.0 Å². The molecule has 3 aliphatic heterocycles. The molecular weight excluding hydrogens is 1070 g/mol. The number of benzene rings is 3. The normalized spacial score (nSPS) is 17.8. The third kappa shape index (κ3) is 10.8. The molecule has 0 aliphatic carbocycles. The molecule has 13 nitrogen and oxygen atoms in total. The summed E-state index contributed by atoms with van der Waals surface area (Å²) < 4.78 is 0.720. The average Bonchev–Trinajstić information content (AvgIpc) is 4.21. The third-order valence-corrected chi connectivity index (χ3v) is 18.0. The number of nitrogens with zero attached hydrogens (tertiary/aromatic N) is 4. The first-order valence-corrected chi connectivity index (χ1v) is 26.7. The lowest BCUT2D eigenvalue weighted by Gasteiger charge is -2.26. The molecule has 2 amide bonds. The second-order valence-electron chi connectivity index (χ2n) is 15.2. The van der Waals surface area contributed by atoms with Crippen LogP contribution in [0.25, 0.3) is 49.5 Å². The summed E-state index contributed by atoms with van der Waals surface area (Å²) in [5, 5.41) is 38.5. The summed E-state index contributed by atoms with van der Waals surface area (Å²) in [5.74, 6) is -4.22. The Bertz CT molecular complexity index is 3100. The van der Waals surface area contributed by atoms with E-state index in [2.05, 4.69) is 4.90 Å². The zero-order valence-corrected chi connectivity index (χ0v) is 43.0. The Hall–Kier alpha value is -5.79. The molecule has 0 bridgehead atoms. The smallest absolute Gasteiger partial charge is 0.323 e. The van der Waals surface area contributed by atoms with Crippen molar-refractivity contribution in [3.05, 3.63) is 139 Å². The summed E-state index contributed by atoms with van der Waals surface area (Å²) in [5.41, 5.74) is 5.54. The number of carbonyl (C=O) groups is 5. The van der Waals surface area contributed by atoms with E-state index in [4.69, 9.17) is 36.7 Å². The highest BCUT2D eigenvalue weighted by atomic mass is 32.2. The number of rotatable bonds is 15. The Kier molecular flexibility index (Phi) is 14.7. The summed E-state index contributed by atoms with van der Waals surface area (Å²) in [6.45, 7) is -1.37. The minimum Gasteiger partial charge on any atom is -0.480 e. The van der Waals surface area contributed by atoms with Crippen molar-refractivity contribution in [2.24, 2.45) is 0 Å². The summed E-state index contributed by atoms with van der Waals surface area (Å²) in [6, 6.07) is 36.2. The number of carboxylic acids is 3. The number of aliphatic carboxylic acids is 3. The lowest BCUT2D eigenvalue weighted by atomic mass is 10.1. The van der Waals surface area contributed by atoms with E-state index >= 15 is 0 Å². The van der Waals surface area contributed by atoms with Gasteiger partial charge in [-0.05, 0) is 108 Å². The van der Waals surface area contributed by atoms with E-state index in [0.29, 0.717) is 19.0 Å². The summed E-state index contributed by atoms with van der Waals surface area (Å²) in [6.07, 6.45) is 4.16. The molecule has 0 radical (unpaired) electrons. The van der Waals surface area contributed by atoms with Gasteiger partial charge in [-0.15, -0.1) is 34.0 Å². The quantitative estimate of drug-likeness (QED) is 0.0563. The van der Waals surface area contributed by atoms with Crippen LogP contribution in [0.15, 0.2) is 124 Å². The van der Waals surface area contributed by atoms with Gasteiger partial charge in [0.15, 0.2) is 6.23 Å². The van der Waals surface area contributed by atoms with Gasteiger partial charge in [0.25, 0.3) is 11.8 Å². The molecule has 3 fully saturated rings. The van der Waals surface area contributed by atoms with Gasteiger partial charge in [0, 0.05) is 51.2 Å². The Morgan fingerprint density at radius 2 is 0.857 bits per heavy atom. The summed E-state index contributed by atoms with van der Waals surface area (Å²) >= 11 is 23.7. The standard InChI is InChI=1S/C48H32N4O9S9/c53-40(54)22-49-43(59)37(68-46(49)62)19-31-13-16-34(65-31)25-1-7-28(8-2-25)52(29-9-3-26(4-10-29)35-17-14-32(66-35)20-38-44(60)50(23-41(55)56)47(63)69-38)30-11-5-27(6-12-30)36-18-15-33(67-36)21-39-45(61)51(24-42(57)58)48(64)70-39/h1-21,43,59H,22-24H2,(H,53,54)(H,55,56)(H,57,58)/b37-19+,38-20-,39-21+. The zero-order chi connectivity index (χ0) is 49.4. The van der Waals surface area contributed by atoms with Crippen LogP contribution in [0.3, 0.4) is 0 Å². The maximum atomic E-state index is 12.9. The molecule has 1 atom stereocenters. The Morgan fingerprint density at radius 1 is 0.500 bits per heavy atom. The second-order valence-corrected chi connectivity index (χ2v) is 23.6. The number of hydrogen-bond acceptors (Lipinski definition) is 16. The largest absolute Gasteiger partial charge is 0.480 e. The zero-order valence-electron chi connectivity index (χ0n) is 35.6. The number of thioether (sulfide) groups is 3. The van der Waals surface area contributed by atoms with Crippen molar-refractivity contribution in [3.8, 4) is 31.3 Å². The molecule has 4 N–H and O–H groups in total. The summed E-state index contributed by atoms with van der Waals surface area (Å²) in [4.78, 5) is 72.0. The first kappa shape index (κ1) is 49.2. The monoisotopic (exact) mass is 1100 g/mol. The fraction of sp³-hybridized carbons (Fsp3) is 0.0833. The van der Waals surface area contributed by atoms with E-state index in [-0.39, 0.29) is 8.64 Å². The molecule has 3 aliphatic rings. The van der Waals surface area contributed by atoms with Crippen molar-refractivity contribution in [1.82, 2.24) is 14.7 Å². The molecule has 6 aromatic rings. The molecule has 3 aromatic carbocycles. The van der Waals surface area contributed by atoms with E-state index < -0.39 is 55.6 Å². The fourth-order valence-corrected chi connectivity index (χ4v) is 14.3. The van der Waals surface area contributed by atoms with Crippen LogP contribution in [0.5, 0.6) is 0 Å². The highest BCUT2D eigenvalue weighted by Crippen LogP contribution is 2.43. The molecule has 1 unspecified atom stereocenters. The number of thiophene rings is 3. The number of aliphatic hydroxyl groups is 1. The molecule has 22 heteroatoms. The second kappa shape index (κ2) is 20.9. The average molecular weight is 1100 g/mol. The van der Waals surface area contributed by atoms with Crippen LogP contribution in [-0.4, -0.2) is 104 Å². The SMILES string of the molecule is O=C(O)CN1C(=O)/C(=C/c2ccc(-c3ccc(N(c4ccc(-c5ccc(/C=C6/SC(=S)N(CC(=O)O)C6=O)s5)cc4)c4ccc(-c5ccc(/C=C6/SC(=S)N(CC(=O)O)C6O)s5)cc4)cc3)s2)SC1=S. The Labute approximate surface area is 440 Å². The molecule has 0 saturated carbocycles. The Balaban J connectivity index is 0.980. The van der Waals surface area contributed by atoms with Crippen LogP contribution in [0.4, 0.5) is 17.1 Å². The molecule has 352 valence electrons. The number of thiocarbonyl (C=S) groups is 3. The van der Waals surface area contributed by atoms with Crippen molar-refractivity contribution < 1.29 is 44.4 Å². The van der Waals surface area contributed by atoms with E-state index in [1.165, 1.54) is 50.7 Å². The molecule has 6 heterocycles. The van der Waals surface area contributed by atoms with Gasteiger partial charge in [-0.1, -0.05) is 108 Å². The molecule has 70 heavy (non-hydrogen) atoms. The van der Waals surface area contributed by atoms with Gasteiger partial charge >= 0.3 is 17.9 Å². The van der Waals surface area contributed by atoms with Gasteiger partial charge in [-0.2, -0.15) is 0 Å². The number of carboxylic acid groups (broad SMARTS) is 3. The lowest BCUT2D eigenvalue weighted by molar-refractivity contribution is -0.140. The molecule has 3 saturated heterocycles. The predicted molar refractivity (Wildman–Crippen MR) is 295 cm³/mol. The maximum Gasteiger partial charge on any atom is 0.323 e. The predicted octanol–water partition coefficient (Wildman–Crippen LogP) is 11.0. The maximum absolute atomic E-state index is 12.9. The first-order chi connectivity index (χ1) is 33.6. The molecule has 0 spiro atoms. The van der Waals surface area contributed by atoms with Crippen molar-refractivity contribution in [2.45, 2.75) is 6.23 Å². The van der Waals surface area contributed by atoms with Crippen molar-refractivity contribution in [1.29, 1.82) is 0 Å². The van der Waals surface area contributed by atoms with E-state index in [1.54, 1.807) is 12.2 Å². The minimum atomic E-state index is -1.14. The van der Waals surface area contributed by atoms with Crippen molar-refractivity contribution >= 4 is 184 Å². The first-order valence-electron chi connectivity index (χ1n) is 20.5. The number of anilines is 3. The highest BCUT2D eigenvalue weighted by molar-refractivity contribution is 8.27. The van der Waals surface area contributed by atoms with Gasteiger partial charge in [0.05, 0.1) is 9.81 Å². The lowest BCUT2D eigenvalue weighted by Crippen LogP contribution is -2.36. The summed E-state index contributed by atoms with van der Waals surface area (Å²) in [7, 11) is 0. The van der Waals surface area contributed by atoms with Gasteiger partial charge in [-0.25, -0.2) is 0 Å². The molecule has 3 aromatic heterocycles. The third-order valence-electron chi connectivity index (χ3n) is 10.6. The topological polar surface area (TPSA) is 179 Å². The molecule has 9 rings (SSSR count). The van der Waals surface area contributed by atoms with E-state index in [9.17, 15) is 44.4 Å². The number of aliphatic hydroxyl groups excluding tert-OH is 1. The van der Waals surface area contributed by atoms with Gasteiger partial charge < -0.3 is 30.2 Å². The van der Waals surface area contributed by atoms with Gasteiger partial charge in [-0.3, -0.25) is 33.8 Å². The molecular formula is C48H32N4O9S9. The van der Waals surface area contributed by atoms with Crippen LogP contribution >= 0.6 is 106 Å². The van der Waals surface area contributed by atoms with Gasteiger partial charge in [0.1, 0.15) is 32.6 Å². The van der Waals surface area contributed by atoms with E-state index in [0.717, 1.165) is 96.3 Å². The van der Waals surface area contributed by atoms with Crippen molar-refractivity contribution in [2.75, 3.05) is 24.5 Å². The van der Waals surface area contributed by atoms with Crippen molar-refractivity contribution in [3.63, 3.8) is 0 Å². The number of hydrogen-bond donors (Lipinski definition) is 4. The number of carbonyl (C=O) groups excluding carboxylic acids is 2. The van der Waals surface area contributed by atoms with Crippen LogP contribution in [0.2, 0.25) is 0 Å². The number of amides is 2. The minimum absolute atomic E-state index is 0.208. The van der Waals surface area contributed by atoms with Crippen LogP contribution in [0.1, 0.15) is 14.6 Å². The fourth-order valence-electron chi connectivity index (χ4n) is 7.34.